The number of hydrogen-bond acceptors (Lipinski definition) is 3. The molecule has 3 aromatic carbocycles. The van der Waals surface area contributed by atoms with Crippen molar-refractivity contribution in [1.82, 2.24) is 5.43 Å². The van der Waals surface area contributed by atoms with E-state index in [1.807, 2.05) is 54.6 Å². The van der Waals surface area contributed by atoms with E-state index >= 15 is 0 Å². The molecule has 0 aliphatic rings. The van der Waals surface area contributed by atoms with Crippen LogP contribution in [0.3, 0.4) is 0 Å². The zero-order valence-corrected chi connectivity index (χ0v) is 13.0. The molecule has 0 aliphatic heterocycles. The molecule has 0 spiro atoms. The zero-order chi connectivity index (χ0) is 16.4. The third-order valence-corrected chi connectivity index (χ3v) is 4.01. The Bertz CT molecular complexity index is 1010. The third-order valence-electron chi connectivity index (χ3n) is 4.01. The van der Waals surface area contributed by atoms with Gasteiger partial charge >= 0.3 is 0 Å². The summed E-state index contributed by atoms with van der Waals surface area (Å²) < 4.78 is 5.62. The first-order valence-electron chi connectivity index (χ1n) is 7.79. The van der Waals surface area contributed by atoms with Gasteiger partial charge in [-0.25, -0.2) is 0 Å². The molecule has 1 aromatic heterocycles. The van der Waals surface area contributed by atoms with E-state index in [1.54, 1.807) is 6.26 Å². The average molecular weight is 316 g/mol. The number of fused-ring (bicyclic) bond motifs is 3. The van der Waals surface area contributed by atoms with Crippen LogP contribution in [0, 0.1) is 0 Å². The highest BCUT2D eigenvalue weighted by atomic mass is 16.3. The smallest absolute Gasteiger partial charge is 0.242 e. The number of hydrazine groups is 1. The standard InChI is InChI=1S/C20H16N2O2/c23-19(22-21-16-7-2-1-3-8-16)12-15-13-24-18-11-10-14-6-4-5-9-17(14)20(15)18/h1-11,13,21H,12H2,(H,22,23). The summed E-state index contributed by atoms with van der Waals surface area (Å²) in [6, 6.07) is 21.6. The molecule has 4 nitrogen and oxygen atoms in total. The fraction of sp³-hybridized carbons (Fsp3) is 0.0500. The summed E-state index contributed by atoms with van der Waals surface area (Å²) in [5, 5.41) is 3.24. The monoisotopic (exact) mass is 316 g/mol. The Morgan fingerprint density at radius 1 is 0.917 bits per heavy atom. The number of carbonyl (C=O) groups excluding carboxylic acids is 1. The molecule has 4 aromatic rings. The van der Waals surface area contributed by atoms with Crippen molar-refractivity contribution in [1.29, 1.82) is 0 Å². The summed E-state index contributed by atoms with van der Waals surface area (Å²) in [5.41, 5.74) is 8.15. The van der Waals surface area contributed by atoms with Crippen LogP contribution >= 0.6 is 0 Å². The number of nitrogens with one attached hydrogen (secondary N) is 2. The van der Waals surface area contributed by atoms with Gasteiger partial charge in [-0.15, -0.1) is 0 Å². The fourth-order valence-corrected chi connectivity index (χ4v) is 2.89. The van der Waals surface area contributed by atoms with Crippen LogP contribution in [0.1, 0.15) is 5.56 Å². The summed E-state index contributed by atoms with van der Waals surface area (Å²) in [7, 11) is 0. The average Bonchev–Trinajstić information content (AvgIpc) is 3.04. The maximum Gasteiger partial charge on any atom is 0.242 e. The van der Waals surface area contributed by atoms with E-state index in [4.69, 9.17) is 4.42 Å². The Labute approximate surface area is 139 Å². The van der Waals surface area contributed by atoms with Gasteiger partial charge in [0.05, 0.1) is 18.4 Å². The molecule has 0 unspecified atom stereocenters. The van der Waals surface area contributed by atoms with Crippen LogP contribution in [0.25, 0.3) is 21.7 Å². The second-order valence-electron chi connectivity index (χ2n) is 5.64. The van der Waals surface area contributed by atoms with E-state index in [0.717, 1.165) is 33.0 Å². The van der Waals surface area contributed by atoms with Gasteiger partial charge in [0.2, 0.25) is 5.91 Å². The van der Waals surface area contributed by atoms with Crippen LogP contribution in [-0.2, 0) is 11.2 Å². The van der Waals surface area contributed by atoms with Crippen LogP contribution in [0.4, 0.5) is 5.69 Å². The van der Waals surface area contributed by atoms with Gasteiger partial charge in [0, 0.05) is 10.9 Å². The number of furan rings is 1. The molecule has 1 amide bonds. The van der Waals surface area contributed by atoms with Crippen molar-refractivity contribution in [2.75, 3.05) is 5.43 Å². The number of anilines is 1. The molecular formula is C20H16N2O2. The topological polar surface area (TPSA) is 54.3 Å². The molecule has 118 valence electrons. The quantitative estimate of drug-likeness (QED) is 0.553. The molecule has 0 bridgehead atoms. The Kier molecular flexibility index (Phi) is 3.63. The van der Waals surface area contributed by atoms with E-state index in [-0.39, 0.29) is 12.3 Å². The van der Waals surface area contributed by atoms with Gasteiger partial charge in [0.25, 0.3) is 0 Å². The molecule has 4 heteroatoms. The third kappa shape index (κ3) is 2.70. The first-order chi connectivity index (χ1) is 11.8. The SMILES string of the molecule is O=C(Cc1coc2ccc3ccccc3c12)NNc1ccccc1. The lowest BCUT2D eigenvalue weighted by Gasteiger charge is -2.08. The van der Waals surface area contributed by atoms with Gasteiger partial charge < -0.3 is 4.42 Å². The highest BCUT2D eigenvalue weighted by Crippen LogP contribution is 2.30. The minimum Gasteiger partial charge on any atom is -0.464 e. The van der Waals surface area contributed by atoms with Crippen molar-refractivity contribution >= 4 is 33.3 Å². The minimum absolute atomic E-state index is 0.116. The number of para-hydroxylation sites is 1. The van der Waals surface area contributed by atoms with Gasteiger partial charge in [-0.3, -0.25) is 15.6 Å². The molecule has 0 atom stereocenters. The van der Waals surface area contributed by atoms with Gasteiger partial charge in [-0.2, -0.15) is 0 Å². The number of rotatable bonds is 4. The lowest BCUT2D eigenvalue weighted by molar-refractivity contribution is -0.119. The van der Waals surface area contributed by atoms with Crippen LogP contribution in [-0.4, -0.2) is 5.91 Å². The summed E-state index contributed by atoms with van der Waals surface area (Å²) in [4.78, 5) is 12.2. The second kappa shape index (κ2) is 6.08. The lowest BCUT2D eigenvalue weighted by atomic mass is 10.0. The van der Waals surface area contributed by atoms with Crippen molar-refractivity contribution in [2.24, 2.45) is 0 Å². The predicted octanol–water partition coefficient (Wildman–Crippen LogP) is 4.27. The largest absolute Gasteiger partial charge is 0.464 e. The molecule has 0 aliphatic carbocycles. The molecule has 0 fully saturated rings. The van der Waals surface area contributed by atoms with Crippen LogP contribution in [0.2, 0.25) is 0 Å². The first-order valence-corrected chi connectivity index (χ1v) is 7.79. The molecule has 0 radical (unpaired) electrons. The molecule has 0 saturated carbocycles. The van der Waals surface area contributed by atoms with E-state index in [2.05, 4.69) is 23.0 Å². The van der Waals surface area contributed by atoms with E-state index in [1.165, 1.54) is 0 Å². The molecular weight excluding hydrogens is 300 g/mol. The maximum atomic E-state index is 12.2. The normalized spacial score (nSPS) is 10.8. The van der Waals surface area contributed by atoms with E-state index < -0.39 is 0 Å². The maximum absolute atomic E-state index is 12.2. The first kappa shape index (κ1) is 14.3. The van der Waals surface area contributed by atoms with Crippen molar-refractivity contribution in [3.63, 3.8) is 0 Å². The second-order valence-corrected chi connectivity index (χ2v) is 5.64. The Morgan fingerprint density at radius 2 is 1.71 bits per heavy atom. The van der Waals surface area contributed by atoms with Crippen LogP contribution in [0.5, 0.6) is 0 Å². The van der Waals surface area contributed by atoms with Crippen LogP contribution < -0.4 is 10.9 Å². The highest BCUT2D eigenvalue weighted by Gasteiger charge is 2.13. The molecule has 24 heavy (non-hydrogen) atoms. The molecule has 0 saturated heterocycles. The molecule has 1 heterocycles. The summed E-state index contributed by atoms with van der Waals surface area (Å²) in [5.74, 6) is -0.116. The van der Waals surface area contributed by atoms with Gasteiger partial charge in [-0.1, -0.05) is 48.5 Å². The summed E-state index contributed by atoms with van der Waals surface area (Å²) in [6.07, 6.45) is 1.92. The van der Waals surface area contributed by atoms with E-state index in [9.17, 15) is 4.79 Å². The van der Waals surface area contributed by atoms with Crippen molar-refractivity contribution in [3.8, 4) is 0 Å². The van der Waals surface area contributed by atoms with Gasteiger partial charge in [-0.05, 0) is 29.0 Å². The minimum atomic E-state index is -0.116. The Balaban J connectivity index is 1.58. The number of carbonyl (C=O) groups is 1. The van der Waals surface area contributed by atoms with Gasteiger partial charge in [0.15, 0.2) is 0 Å². The molecule has 2 N–H and O–H groups in total. The fourth-order valence-electron chi connectivity index (χ4n) is 2.89. The molecule has 4 rings (SSSR count). The Hall–Kier alpha value is -3.27. The predicted molar refractivity (Wildman–Crippen MR) is 95.6 cm³/mol. The Morgan fingerprint density at radius 3 is 2.58 bits per heavy atom. The van der Waals surface area contributed by atoms with Crippen molar-refractivity contribution in [2.45, 2.75) is 6.42 Å². The zero-order valence-electron chi connectivity index (χ0n) is 13.0. The number of benzene rings is 3. The van der Waals surface area contributed by atoms with Crippen molar-refractivity contribution in [3.05, 3.63) is 78.6 Å². The summed E-state index contributed by atoms with van der Waals surface area (Å²) in [6.45, 7) is 0. The van der Waals surface area contributed by atoms with Crippen molar-refractivity contribution < 1.29 is 9.21 Å². The summed E-state index contributed by atoms with van der Waals surface area (Å²) >= 11 is 0. The van der Waals surface area contributed by atoms with E-state index in [0.29, 0.717) is 0 Å². The van der Waals surface area contributed by atoms with Crippen LogP contribution in [0.15, 0.2) is 77.4 Å². The number of hydrogen-bond donors (Lipinski definition) is 2. The van der Waals surface area contributed by atoms with Gasteiger partial charge in [0.1, 0.15) is 5.58 Å². The number of amides is 1. The lowest BCUT2D eigenvalue weighted by Crippen LogP contribution is -2.30. The highest BCUT2D eigenvalue weighted by molar-refractivity contribution is 6.08.